The molecule has 0 aromatic heterocycles. The van der Waals surface area contributed by atoms with E-state index in [4.69, 9.17) is 0 Å². The van der Waals surface area contributed by atoms with E-state index >= 15 is 0 Å². The summed E-state index contributed by atoms with van der Waals surface area (Å²) < 4.78 is 0. The fourth-order valence-electron chi connectivity index (χ4n) is 5.36. The molecule has 3 rings (SSSR count). The van der Waals surface area contributed by atoms with Crippen molar-refractivity contribution < 1.29 is 15.0 Å². The van der Waals surface area contributed by atoms with Crippen LogP contribution in [-0.4, -0.2) is 49.1 Å². The van der Waals surface area contributed by atoms with Gasteiger partial charge in [-0.05, 0) is 53.5 Å². The maximum atomic E-state index is 13.1. The molecule has 192 valence electrons. The van der Waals surface area contributed by atoms with Crippen molar-refractivity contribution in [1.29, 1.82) is 0 Å². The Morgan fingerprint density at radius 3 is 1.94 bits per heavy atom. The molecule has 6 heteroatoms. The van der Waals surface area contributed by atoms with Gasteiger partial charge in [0.2, 0.25) is 0 Å². The van der Waals surface area contributed by atoms with E-state index < -0.39 is 0 Å². The number of anilines is 2. The molecule has 0 unspecified atom stereocenters. The molecule has 0 spiro atoms. The van der Waals surface area contributed by atoms with Crippen LogP contribution in [0.25, 0.3) is 0 Å². The number of carbonyl (C=O) groups is 1. The summed E-state index contributed by atoms with van der Waals surface area (Å²) >= 11 is 0. The second-order valence-electron chi connectivity index (χ2n) is 10.4. The van der Waals surface area contributed by atoms with Gasteiger partial charge in [-0.25, -0.2) is 4.79 Å². The van der Waals surface area contributed by atoms with Crippen LogP contribution < -0.4 is 15.5 Å². The van der Waals surface area contributed by atoms with Crippen molar-refractivity contribution in [3.63, 3.8) is 0 Å². The van der Waals surface area contributed by atoms with Crippen LogP contribution in [-0.2, 0) is 5.41 Å². The molecule has 1 aliphatic carbocycles. The monoisotopic (exact) mass is 481 g/mol. The van der Waals surface area contributed by atoms with E-state index in [1.807, 2.05) is 4.90 Å². The van der Waals surface area contributed by atoms with Gasteiger partial charge < -0.3 is 25.7 Å². The van der Waals surface area contributed by atoms with Crippen LogP contribution in [0.1, 0.15) is 81.9 Å². The van der Waals surface area contributed by atoms with Crippen LogP contribution in [0.3, 0.4) is 0 Å². The predicted molar refractivity (Wildman–Crippen MR) is 145 cm³/mol. The maximum Gasteiger partial charge on any atom is 0.319 e. The number of hydrogen-bond donors (Lipinski definition) is 4. The summed E-state index contributed by atoms with van der Waals surface area (Å²) in [5.74, 6) is 0.639. The number of nitrogens with zero attached hydrogens (tertiary/aromatic N) is 1. The lowest BCUT2D eigenvalue weighted by Gasteiger charge is -2.31. The van der Waals surface area contributed by atoms with E-state index in [1.165, 1.54) is 5.56 Å². The van der Waals surface area contributed by atoms with Gasteiger partial charge in [-0.2, -0.15) is 0 Å². The third-order valence-electron chi connectivity index (χ3n) is 7.34. The third kappa shape index (κ3) is 6.56. The summed E-state index contributed by atoms with van der Waals surface area (Å²) in [6.45, 7) is 10.3. The Morgan fingerprint density at radius 2 is 1.46 bits per heavy atom. The largest absolute Gasteiger partial charge is 0.395 e. The Morgan fingerprint density at radius 1 is 0.914 bits per heavy atom. The number of benzene rings is 2. The standard InChI is InChI=1S/C29H43N3O3/c1-21(2)25-8-7-9-26(22(3)4)27(25)31-28(35)30-20-29(14-5-6-15-29)23-10-12-24(13-11-23)32(16-18-33)17-19-34/h7-13,21-22,33-34H,5-6,14-20H2,1-4H3,(H2,30,31,35). The molecule has 2 aromatic rings. The van der Waals surface area contributed by atoms with Crippen molar-refractivity contribution in [2.45, 2.75) is 70.6 Å². The van der Waals surface area contributed by atoms with Gasteiger partial charge in [-0.1, -0.05) is 70.9 Å². The molecule has 0 atom stereocenters. The lowest BCUT2D eigenvalue weighted by molar-refractivity contribution is 0.248. The molecule has 0 heterocycles. The Labute approximate surface area is 210 Å². The second-order valence-corrected chi connectivity index (χ2v) is 10.4. The van der Waals surface area contributed by atoms with Gasteiger partial charge >= 0.3 is 6.03 Å². The molecule has 4 N–H and O–H groups in total. The molecule has 2 amide bonds. The molecule has 2 aromatic carbocycles. The summed E-state index contributed by atoms with van der Waals surface area (Å²) in [5, 5.41) is 25.1. The van der Waals surface area contributed by atoms with Crippen molar-refractivity contribution in [3.05, 3.63) is 59.2 Å². The Bertz CT molecular complexity index is 918. The quantitative estimate of drug-likeness (QED) is 0.348. The SMILES string of the molecule is CC(C)c1cccc(C(C)C)c1NC(=O)NCC1(c2ccc(N(CCO)CCO)cc2)CCCC1. The topological polar surface area (TPSA) is 84.8 Å². The highest BCUT2D eigenvalue weighted by atomic mass is 16.3. The number of rotatable bonds is 11. The maximum absolute atomic E-state index is 13.1. The summed E-state index contributed by atoms with van der Waals surface area (Å²) in [4.78, 5) is 15.1. The molecular formula is C29H43N3O3. The molecule has 0 radical (unpaired) electrons. The fraction of sp³-hybridized carbons (Fsp3) is 0.552. The Balaban J connectivity index is 1.75. The van der Waals surface area contributed by atoms with Crippen molar-refractivity contribution >= 4 is 17.4 Å². The highest BCUT2D eigenvalue weighted by Crippen LogP contribution is 2.41. The predicted octanol–water partition coefficient (Wildman–Crippen LogP) is 5.36. The van der Waals surface area contributed by atoms with Crippen LogP contribution in [0.5, 0.6) is 0 Å². The Kier molecular flexibility index (Phi) is 9.58. The molecule has 1 fully saturated rings. The Hall–Kier alpha value is -2.57. The molecular weight excluding hydrogens is 438 g/mol. The minimum Gasteiger partial charge on any atom is -0.395 e. The summed E-state index contributed by atoms with van der Waals surface area (Å²) in [5.41, 5.74) is 5.40. The first kappa shape index (κ1) is 27.0. The number of para-hydroxylation sites is 1. The van der Waals surface area contributed by atoms with Crippen LogP contribution in [0.4, 0.5) is 16.2 Å². The molecule has 1 aliphatic rings. The fourth-order valence-corrected chi connectivity index (χ4v) is 5.36. The van der Waals surface area contributed by atoms with Crippen molar-refractivity contribution in [2.24, 2.45) is 0 Å². The van der Waals surface area contributed by atoms with E-state index in [0.717, 1.165) is 48.2 Å². The number of nitrogens with one attached hydrogen (secondary N) is 2. The first-order valence-corrected chi connectivity index (χ1v) is 13.1. The van der Waals surface area contributed by atoms with E-state index in [9.17, 15) is 15.0 Å². The molecule has 6 nitrogen and oxygen atoms in total. The van der Waals surface area contributed by atoms with Gasteiger partial charge in [0.15, 0.2) is 0 Å². The average Bonchev–Trinajstić information content (AvgIpc) is 3.33. The minimum atomic E-state index is -0.153. The highest BCUT2D eigenvalue weighted by molar-refractivity contribution is 5.91. The zero-order valence-corrected chi connectivity index (χ0v) is 21.8. The number of urea groups is 1. The van der Waals surface area contributed by atoms with Gasteiger partial charge in [-0.3, -0.25) is 0 Å². The highest BCUT2D eigenvalue weighted by Gasteiger charge is 2.36. The molecule has 0 bridgehead atoms. The van der Waals surface area contributed by atoms with Gasteiger partial charge in [0.05, 0.1) is 13.2 Å². The summed E-state index contributed by atoms with van der Waals surface area (Å²) in [7, 11) is 0. The van der Waals surface area contributed by atoms with E-state index in [2.05, 4.69) is 80.8 Å². The number of aliphatic hydroxyl groups is 2. The summed E-state index contributed by atoms with van der Waals surface area (Å²) in [6, 6.07) is 14.5. The van der Waals surface area contributed by atoms with E-state index in [1.54, 1.807) is 0 Å². The zero-order chi connectivity index (χ0) is 25.4. The van der Waals surface area contributed by atoms with Gasteiger partial charge in [0.25, 0.3) is 0 Å². The lowest BCUT2D eigenvalue weighted by Crippen LogP contribution is -2.41. The van der Waals surface area contributed by atoms with Crippen LogP contribution >= 0.6 is 0 Å². The number of aliphatic hydroxyl groups excluding tert-OH is 2. The minimum absolute atomic E-state index is 0.0448. The van der Waals surface area contributed by atoms with E-state index in [-0.39, 0.29) is 24.7 Å². The van der Waals surface area contributed by atoms with Crippen molar-refractivity contribution in [1.82, 2.24) is 5.32 Å². The lowest BCUT2D eigenvalue weighted by atomic mass is 9.78. The molecule has 1 saturated carbocycles. The number of amides is 2. The number of hydrogen-bond acceptors (Lipinski definition) is 4. The average molecular weight is 482 g/mol. The normalized spacial score (nSPS) is 15.0. The van der Waals surface area contributed by atoms with Crippen molar-refractivity contribution in [3.8, 4) is 0 Å². The molecule has 0 aliphatic heterocycles. The second kappa shape index (κ2) is 12.4. The van der Waals surface area contributed by atoms with E-state index in [0.29, 0.717) is 31.5 Å². The first-order chi connectivity index (χ1) is 16.8. The first-order valence-electron chi connectivity index (χ1n) is 13.1. The van der Waals surface area contributed by atoms with Crippen LogP contribution in [0.2, 0.25) is 0 Å². The number of carbonyl (C=O) groups excluding carboxylic acids is 1. The van der Waals surface area contributed by atoms with Crippen LogP contribution in [0.15, 0.2) is 42.5 Å². The smallest absolute Gasteiger partial charge is 0.319 e. The van der Waals surface area contributed by atoms with Crippen molar-refractivity contribution in [2.75, 3.05) is 43.1 Å². The van der Waals surface area contributed by atoms with Gasteiger partial charge in [0, 0.05) is 36.4 Å². The zero-order valence-electron chi connectivity index (χ0n) is 21.8. The molecule has 0 saturated heterocycles. The van der Waals surface area contributed by atoms with Crippen LogP contribution in [0, 0.1) is 0 Å². The molecule has 35 heavy (non-hydrogen) atoms. The summed E-state index contributed by atoms with van der Waals surface area (Å²) in [6.07, 6.45) is 4.40. The van der Waals surface area contributed by atoms with Gasteiger partial charge in [0.1, 0.15) is 0 Å². The van der Waals surface area contributed by atoms with Gasteiger partial charge in [-0.15, -0.1) is 0 Å². The third-order valence-corrected chi connectivity index (χ3v) is 7.34.